The lowest BCUT2D eigenvalue weighted by Crippen LogP contribution is -2.48. The molecule has 3 aromatic rings. The topological polar surface area (TPSA) is 95.9 Å². The van der Waals surface area contributed by atoms with E-state index in [1.165, 1.54) is 10.7 Å². The van der Waals surface area contributed by atoms with Crippen LogP contribution in [0.15, 0.2) is 53.7 Å². The maximum Gasteiger partial charge on any atom is 0.266 e. The number of nitriles is 1. The Kier molecular flexibility index (Phi) is 5.12. The molecule has 0 bridgehead atoms. The predicted octanol–water partition coefficient (Wildman–Crippen LogP) is 0.518. The molecule has 3 aromatic heterocycles. The Morgan fingerprint density at radius 3 is 2.64 bits per heavy atom. The summed E-state index contributed by atoms with van der Waals surface area (Å²) >= 11 is 0. The minimum Gasteiger partial charge on any atom is -0.353 e. The summed E-state index contributed by atoms with van der Waals surface area (Å²) in [5.41, 5.74) is 0.476. The summed E-state index contributed by atoms with van der Waals surface area (Å²) < 4.78 is 3.12. The lowest BCUT2D eigenvalue weighted by Gasteiger charge is -2.35. The Bertz CT molecular complexity index is 1030. The van der Waals surface area contributed by atoms with Crippen LogP contribution in [0.2, 0.25) is 0 Å². The van der Waals surface area contributed by atoms with E-state index in [0.717, 1.165) is 38.5 Å². The van der Waals surface area contributed by atoms with E-state index in [9.17, 15) is 10.1 Å². The van der Waals surface area contributed by atoms with Crippen LogP contribution in [0.25, 0.3) is 5.82 Å². The van der Waals surface area contributed by atoms with Crippen LogP contribution in [0.4, 0.5) is 5.82 Å². The van der Waals surface area contributed by atoms with Crippen molar-refractivity contribution in [3.05, 3.63) is 64.8 Å². The third-order valence-corrected chi connectivity index (χ3v) is 4.80. The Morgan fingerprint density at radius 1 is 1.04 bits per heavy atom. The van der Waals surface area contributed by atoms with Gasteiger partial charge in [0, 0.05) is 57.4 Å². The van der Waals surface area contributed by atoms with Crippen molar-refractivity contribution in [1.29, 1.82) is 5.26 Å². The third-order valence-electron chi connectivity index (χ3n) is 4.80. The predicted molar refractivity (Wildman–Crippen MR) is 103 cm³/mol. The number of hydrogen-bond acceptors (Lipinski definition) is 7. The van der Waals surface area contributed by atoms with Gasteiger partial charge in [-0.2, -0.15) is 10.4 Å². The highest BCUT2D eigenvalue weighted by atomic mass is 16.1. The van der Waals surface area contributed by atoms with Gasteiger partial charge < -0.3 is 4.90 Å². The van der Waals surface area contributed by atoms with Gasteiger partial charge in [-0.1, -0.05) is 0 Å². The summed E-state index contributed by atoms with van der Waals surface area (Å²) in [6.45, 7) is 4.52. The molecule has 1 saturated heterocycles. The number of pyridine rings is 1. The zero-order valence-corrected chi connectivity index (χ0v) is 15.3. The Balaban J connectivity index is 1.37. The second-order valence-corrected chi connectivity index (χ2v) is 6.52. The van der Waals surface area contributed by atoms with Crippen molar-refractivity contribution in [3.63, 3.8) is 0 Å². The van der Waals surface area contributed by atoms with Gasteiger partial charge in [0.15, 0.2) is 5.82 Å². The van der Waals surface area contributed by atoms with Crippen LogP contribution in [0, 0.1) is 11.3 Å². The highest BCUT2D eigenvalue weighted by molar-refractivity contribution is 5.53. The van der Waals surface area contributed by atoms with Crippen molar-refractivity contribution in [2.24, 2.45) is 0 Å². The van der Waals surface area contributed by atoms with Gasteiger partial charge >= 0.3 is 0 Å². The molecular formula is C19H20N8O. The lowest BCUT2D eigenvalue weighted by atomic mass is 10.2. The molecule has 4 heterocycles. The van der Waals surface area contributed by atoms with E-state index < -0.39 is 0 Å². The molecule has 0 radical (unpaired) electrons. The average Bonchev–Trinajstić information content (AvgIpc) is 3.28. The highest BCUT2D eigenvalue weighted by Gasteiger charge is 2.20. The molecule has 9 heteroatoms. The van der Waals surface area contributed by atoms with Crippen LogP contribution < -0.4 is 10.5 Å². The molecule has 4 rings (SSSR count). The highest BCUT2D eigenvalue weighted by Crippen LogP contribution is 2.17. The second kappa shape index (κ2) is 8.02. The maximum absolute atomic E-state index is 12.1. The molecule has 0 atom stereocenters. The summed E-state index contributed by atoms with van der Waals surface area (Å²) in [4.78, 5) is 20.9. The second-order valence-electron chi connectivity index (χ2n) is 6.52. The summed E-state index contributed by atoms with van der Waals surface area (Å²) in [5, 5.41) is 17.8. The first kappa shape index (κ1) is 17.9. The van der Waals surface area contributed by atoms with Crippen LogP contribution in [-0.2, 0) is 6.54 Å². The Hall–Kier alpha value is -3.51. The Morgan fingerprint density at radius 2 is 1.89 bits per heavy atom. The van der Waals surface area contributed by atoms with Crippen molar-refractivity contribution >= 4 is 5.82 Å². The van der Waals surface area contributed by atoms with Crippen molar-refractivity contribution in [2.45, 2.75) is 6.54 Å². The molecule has 1 aliphatic rings. The molecule has 142 valence electrons. The fourth-order valence-electron chi connectivity index (χ4n) is 3.28. The van der Waals surface area contributed by atoms with E-state index in [1.54, 1.807) is 41.5 Å². The van der Waals surface area contributed by atoms with Crippen LogP contribution in [0.5, 0.6) is 0 Å². The zero-order chi connectivity index (χ0) is 19.3. The smallest absolute Gasteiger partial charge is 0.266 e. The van der Waals surface area contributed by atoms with Crippen molar-refractivity contribution in [3.8, 4) is 11.9 Å². The van der Waals surface area contributed by atoms with Gasteiger partial charge in [0.1, 0.15) is 11.9 Å². The zero-order valence-electron chi connectivity index (χ0n) is 15.3. The monoisotopic (exact) mass is 376 g/mol. The van der Waals surface area contributed by atoms with Gasteiger partial charge in [0.2, 0.25) is 0 Å². The van der Waals surface area contributed by atoms with E-state index in [4.69, 9.17) is 0 Å². The Labute approximate surface area is 162 Å². The molecule has 0 spiro atoms. The molecule has 0 saturated carbocycles. The number of piperazine rings is 1. The first-order valence-electron chi connectivity index (χ1n) is 9.15. The number of hydrogen-bond donors (Lipinski definition) is 0. The summed E-state index contributed by atoms with van der Waals surface area (Å²) in [5.74, 6) is 1.36. The molecule has 0 aliphatic carbocycles. The first-order chi connectivity index (χ1) is 13.7. The fraction of sp³-hybridized carbons (Fsp3) is 0.316. The molecule has 9 nitrogen and oxygen atoms in total. The molecule has 0 aromatic carbocycles. The molecule has 0 unspecified atom stereocenters. The lowest BCUT2D eigenvalue weighted by molar-refractivity contribution is 0.242. The van der Waals surface area contributed by atoms with Gasteiger partial charge in [-0.15, -0.1) is 5.10 Å². The number of nitrogens with zero attached hydrogens (tertiary/aromatic N) is 8. The number of aromatic nitrogens is 5. The van der Waals surface area contributed by atoms with Gasteiger partial charge in [-0.25, -0.2) is 14.3 Å². The quantitative estimate of drug-likeness (QED) is 0.640. The average molecular weight is 376 g/mol. The normalized spacial score (nSPS) is 14.8. The number of anilines is 1. The van der Waals surface area contributed by atoms with Gasteiger partial charge in [0.25, 0.3) is 5.56 Å². The van der Waals surface area contributed by atoms with Gasteiger partial charge in [-0.05, 0) is 24.3 Å². The van der Waals surface area contributed by atoms with Crippen molar-refractivity contribution in [1.82, 2.24) is 29.4 Å². The number of rotatable bonds is 5. The molecule has 0 amide bonds. The van der Waals surface area contributed by atoms with E-state index >= 15 is 0 Å². The van der Waals surface area contributed by atoms with Gasteiger partial charge in [-0.3, -0.25) is 9.69 Å². The fourth-order valence-corrected chi connectivity index (χ4v) is 3.28. The van der Waals surface area contributed by atoms with E-state index in [1.807, 2.05) is 6.07 Å². The largest absolute Gasteiger partial charge is 0.353 e. The minimum atomic E-state index is -0.123. The van der Waals surface area contributed by atoms with Crippen LogP contribution >= 0.6 is 0 Å². The molecule has 28 heavy (non-hydrogen) atoms. The molecule has 1 fully saturated rings. The van der Waals surface area contributed by atoms with E-state index in [-0.39, 0.29) is 5.56 Å². The first-order valence-corrected chi connectivity index (χ1v) is 9.15. The van der Waals surface area contributed by atoms with Crippen molar-refractivity contribution in [2.75, 3.05) is 37.6 Å². The molecule has 1 aliphatic heterocycles. The standard InChI is InChI=1S/C19H20N8O/c20-15-16-3-1-6-21-19(16)25-12-9-24(10-13-25)11-14-27-18(28)5-4-17(23-27)26-8-2-7-22-26/h1-8H,9-14H2. The molecular weight excluding hydrogens is 356 g/mol. The summed E-state index contributed by atoms with van der Waals surface area (Å²) in [6.07, 6.45) is 5.19. The van der Waals surface area contributed by atoms with Crippen LogP contribution in [0.1, 0.15) is 5.56 Å². The van der Waals surface area contributed by atoms with Crippen LogP contribution in [0.3, 0.4) is 0 Å². The van der Waals surface area contributed by atoms with Crippen molar-refractivity contribution < 1.29 is 0 Å². The minimum absolute atomic E-state index is 0.123. The SMILES string of the molecule is N#Cc1cccnc1N1CCN(CCn2nc(-n3cccn3)ccc2=O)CC1. The summed E-state index contributed by atoms with van der Waals surface area (Å²) in [6, 6.07) is 10.8. The summed E-state index contributed by atoms with van der Waals surface area (Å²) in [7, 11) is 0. The van der Waals surface area contributed by atoms with Gasteiger partial charge in [0.05, 0.1) is 12.1 Å². The van der Waals surface area contributed by atoms with E-state index in [0.29, 0.717) is 17.9 Å². The molecule has 0 N–H and O–H groups in total. The maximum atomic E-state index is 12.1. The van der Waals surface area contributed by atoms with Crippen LogP contribution in [-0.4, -0.2) is 62.2 Å². The third kappa shape index (κ3) is 3.77. The van der Waals surface area contributed by atoms with E-state index in [2.05, 4.69) is 31.1 Å².